The van der Waals surface area contributed by atoms with Crippen LogP contribution in [0.15, 0.2) is 0 Å². The minimum atomic E-state index is 0.101. The van der Waals surface area contributed by atoms with Gasteiger partial charge in [-0.3, -0.25) is 0 Å². The molecule has 1 nitrogen and oxygen atoms in total. The Kier molecular flexibility index (Phi) is 2.42. The van der Waals surface area contributed by atoms with Gasteiger partial charge in [-0.25, -0.2) is 0 Å². The molecule has 0 aromatic carbocycles. The van der Waals surface area contributed by atoms with Gasteiger partial charge in [0.2, 0.25) is 0 Å². The molecule has 3 heteroatoms. The van der Waals surface area contributed by atoms with Crippen molar-refractivity contribution in [3.05, 3.63) is 0 Å². The van der Waals surface area contributed by atoms with E-state index in [0.717, 1.165) is 13.0 Å². The highest BCUT2D eigenvalue weighted by atomic mass is 35.5. The molecule has 8 heavy (non-hydrogen) atoms. The Morgan fingerprint density at radius 1 is 1.75 bits per heavy atom. The maximum absolute atomic E-state index is 5.69. The number of alkyl halides is 2. The van der Waals surface area contributed by atoms with Crippen LogP contribution < -0.4 is 0 Å². The Bertz CT molecular complexity index is 72.8. The second-order valence-corrected chi connectivity index (χ2v) is 2.87. The Labute approximate surface area is 58.9 Å². The third kappa shape index (κ3) is 2.21. The average Bonchev–Trinajstić information content (AvgIpc) is 2.50. The Hall–Kier alpha value is 0.540. The van der Waals surface area contributed by atoms with Gasteiger partial charge in [-0.15, -0.1) is 23.2 Å². The smallest absolute Gasteiger partial charge is 0.0824 e. The lowest BCUT2D eigenvalue weighted by Gasteiger charge is -1.98. The molecule has 48 valence electrons. The lowest BCUT2D eigenvalue weighted by Crippen LogP contribution is -2.03. The first-order valence-corrected chi connectivity index (χ1v) is 3.61. The van der Waals surface area contributed by atoms with E-state index in [4.69, 9.17) is 27.9 Å². The van der Waals surface area contributed by atoms with Gasteiger partial charge in [0.25, 0.3) is 0 Å². The number of epoxide rings is 1. The molecule has 0 radical (unpaired) electrons. The van der Waals surface area contributed by atoms with Gasteiger partial charge >= 0.3 is 0 Å². The average molecular weight is 155 g/mol. The summed E-state index contributed by atoms with van der Waals surface area (Å²) in [6, 6.07) is 0. The molecule has 0 amide bonds. The number of halogens is 2. The van der Waals surface area contributed by atoms with Gasteiger partial charge in [0.1, 0.15) is 0 Å². The summed E-state index contributed by atoms with van der Waals surface area (Å²) in [7, 11) is 0. The van der Waals surface area contributed by atoms with E-state index in [1.165, 1.54) is 0 Å². The summed E-state index contributed by atoms with van der Waals surface area (Å²) in [6.45, 7) is 0.875. The van der Waals surface area contributed by atoms with Crippen molar-refractivity contribution >= 4 is 23.2 Å². The molecule has 1 aliphatic rings. The van der Waals surface area contributed by atoms with Crippen molar-refractivity contribution in [3.8, 4) is 0 Å². The summed E-state index contributed by atoms with van der Waals surface area (Å²) in [5, 5.41) is 0.101. The van der Waals surface area contributed by atoms with Crippen LogP contribution in [0.5, 0.6) is 0 Å². The van der Waals surface area contributed by atoms with Gasteiger partial charge < -0.3 is 4.74 Å². The normalized spacial score (nSPS) is 30.0. The molecular formula is C5H8Cl2O. The van der Waals surface area contributed by atoms with Crippen molar-refractivity contribution in [2.24, 2.45) is 0 Å². The van der Waals surface area contributed by atoms with Crippen LogP contribution in [0.25, 0.3) is 0 Å². The minimum absolute atomic E-state index is 0.101. The highest BCUT2D eigenvalue weighted by Crippen LogP contribution is 2.19. The van der Waals surface area contributed by atoms with Gasteiger partial charge in [0, 0.05) is 11.3 Å². The van der Waals surface area contributed by atoms with Gasteiger partial charge in [0.15, 0.2) is 0 Å². The maximum atomic E-state index is 5.69. The largest absolute Gasteiger partial charge is 0.373 e. The minimum Gasteiger partial charge on any atom is -0.373 e. The maximum Gasteiger partial charge on any atom is 0.0824 e. The van der Waals surface area contributed by atoms with E-state index >= 15 is 0 Å². The van der Waals surface area contributed by atoms with E-state index in [-0.39, 0.29) is 5.38 Å². The molecule has 1 aliphatic heterocycles. The van der Waals surface area contributed by atoms with Gasteiger partial charge in [-0.2, -0.15) is 0 Å². The zero-order valence-corrected chi connectivity index (χ0v) is 5.95. The Morgan fingerprint density at radius 2 is 2.38 bits per heavy atom. The van der Waals surface area contributed by atoms with E-state index in [0.29, 0.717) is 12.0 Å². The third-order valence-corrected chi connectivity index (χ3v) is 1.95. The zero-order valence-electron chi connectivity index (χ0n) is 4.44. The topological polar surface area (TPSA) is 12.5 Å². The Morgan fingerprint density at radius 3 is 2.75 bits per heavy atom. The molecule has 1 heterocycles. The van der Waals surface area contributed by atoms with Crippen molar-refractivity contribution in [1.29, 1.82) is 0 Å². The van der Waals surface area contributed by atoms with Crippen LogP contribution in [0.4, 0.5) is 0 Å². The molecular weight excluding hydrogens is 147 g/mol. The fourth-order valence-electron chi connectivity index (χ4n) is 0.552. The van der Waals surface area contributed by atoms with Crippen LogP contribution in [0.3, 0.4) is 0 Å². The highest BCUT2D eigenvalue weighted by molar-refractivity contribution is 6.28. The molecule has 0 aliphatic carbocycles. The number of rotatable bonds is 3. The lowest BCUT2D eigenvalue weighted by molar-refractivity contribution is 0.396. The van der Waals surface area contributed by atoms with Crippen molar-refractivity contribution < 1.29 is 4.74 Å². The van der Waals surface area contributed by atoms with Crippen LogP contribution in [0, 0.1) is 0 Å². The summed E-state index contributed by atoms with van der Waals surface area (Å²) in [5.74, 6) is 0.529. The lowest BCUT2D eigenvalue weighted by atomic mass is 10.3. The van der Waals surface area contributed by atoms with Crippen LogP contribution in [-0.2, 0) is 4.74 Å². The molecule has 0 saturated carbocycles. The Balaban J connectivity index is 1.98. The molecule has 2 atom stereocenters. The zero-order chi connectivity index (χ0) is 5.98. The van der Waals surface area contributed by atoms with Crippen LogP contribution in [0.1, 0.15) is 6.42 Å². The predicted molar refractivity (Wildman–Crippen MR) is 34.7 cm³/mol. The SMILES string of the molecule is ClC[C@H](Cl)C[C@H]1CO1. The predicted octanol–water partition coefficient (Wildman–Crippen LogP) is 1.62. The summed E-state index contributed by atoms with van der Waals surface area (Å²) < 4.78 is 4.94. The van der Waals surface area contributed by atoms with Crippen molar-refractivity contribution in [3.63, 3.8) is 0 Å². The van der Waals surface area contributed by atoms with E-state index < -0.39 is 0 Å². The fraction of sp³-hybridized carbons (Fsp3) is 1.00. The molecule has 1 saturated heterocycles. The molecule has 1 fully saturated rings. The molecule has 0 aromatic heterocycles. The molecule has 0 unspecified atom stereocenters. The van der Waals surface area contributed by atoms with E-state index in [1.807, 2.05) is 0 Å². The van der Waals surface area contributed by atoms with E-state index in [1.54, 1.807) is 0 Å². The molecule has 0 N–H and O–H groups in total. The van der Waals surface area contributed by atoms with Crippen molar-refractivity contribution in [1.82, 2.24) is 0 Å². The second-order valence-electron chi connectivity index (χ2n) is 1.94. The summed E-state index contributed by atoms with van der Waals surface area (Å²) in [4.78, 5) is 0. The fourth-order valence-corrected chi connectivity index (χ4v) is 0.877. The molecule has 1 rings (SSSR count). The third-order valence-electron chi connectivity index (χ3n) is 1.09. The first-order valence-electron chi connectivity index (χ1n) is 2.64. The molecule has 0 spiro atoms. The first kappa shape index (κ1) is 6.66. The molecule has 0 aromatic rings. The molecule has 0 bridgehead atoms. The van der Waals surface area contributed by atoms with E-state index in [9.17, 15) is 0 Å². The van der Waals surface area contributed by atoms with E-state index in [2.05, 4.69) is 0 Å². The first-order chi connectivity index (χ1) is 3.83. The monoisotopic (exact) mass is 154 g/mol. The van der Waals surface area contributed by atoms with Crippen molar-refractivity contribution in [2.75, 3.05) is 12.5 Å². The summed E-state index contributed by atoms with van der Waals surface area (Å²) in [5.41, 5.74) is 0. The van der Waals surface area contributed by atoms with Gasteiger partial charge in [-0.05, 0) is 6.42 Å². The van der Waals surface area contributed by atoms with Crippen LogP contribution in [-0.4, -0.2) is 24.0 Å². The number of hydrogen-bond donors (Lipinski definition) is 0. The summed E-state index contributed by atoms with van der Waals surface area (Å²) >= 11 is 11.1. The number of ether oxygens (including phenoxy) is 1. The highest BCUT2D eigenvalue weighted by Gasteiger charge is 2.24. The van der Waals surface area contributed by atoms with Crippen LogP contribution in [0.2, 0.25) is 0 Å². The van der Waals surface area contributed by atoms with Crippen LogP contribution >= 0.6 is 23.2 Å². The van der Waals surface area contributed by atoms with Gasteiger partial charge in [-0.1, -0.05) is 0 Å². The second kappa shape index (κ2) is 2.90. The standard InChI is InChI=1S/C5H8Cl2O/c6-2-4(7)1-5-3-8-5/h4-5H,1-3H2/t4-,5+/m1/s1. The summed E-state index contributed by atoms with van der Waals surface area (Å²) in [6.07, 6.45) is 1.32. The quantitative estimate of drug-likeness (QED) is 0.445. The van der Waals surface area contributed by atoms with Gasteiger partial charge in [0.05, 0.1) is 12.7 Å². The number of hydrogen-bond acceptors (Lipinski definition) is 1. The van der Waals surface area contributed by atoms with Crippen molar-refractivity contribution in [2.45, 2.75) is 17.9 Å².